The molecule has 1 aliphatic heterocycles. The van der Waals surface area contributed by atoms with Crippen molar-refractivity contribution >= 4 is 17.8 Å². The number of fused-ring (bicyclic) bond motifs is 1. The first-order valence-corrected chi connectivity index (χ1v) is 7.75. The van der Waals surface area contributed by atoms with Gasteiger partial charge in [-0.1, -0.05) is 34.1 Å². The lowest BCUT2D eigenvalue weighted by molar-refractivity contribution is -0.149. The summed E-state index contributed by atoms with van der Waals surface area (Å²) in [7, 11) is 0. The predicted molar refractivity (Wildman–Crippen MR) is 77.3 cm³/mol. The Labute approximate surface area is 125 Å². The van der Waals surface area contributed by atoms with Crippen LogP contribution in [0.1, 0.15) is 53.4 Å². The van der Waals surface area contributed by atoms with E-state index in [9.17, 15) is 14.4 Å². The first-order chi connectivity index (χ1) is 9.66. The summed E-state index contributed by atoms with van der Waals surface area (Å²) < 4.78 is 0. The van der Waals surface area contributed by atoms with Crippen LogP contribution in [0.4, 0.5) is 0 Å². The lowest BCUT2D eigenvalue weighted by Crippen LogP contribution is -2.49. The molecule has 0 spiro atoms. The SMILES string of the molecule is CCC1CC2C(=O)N(C(CC(=O)O)C(C)(C)C)C(=O)C2C1. The average molecular weight is 295 g/mol. The molecule has 2 fully saturated rings. The highest BCUT2D eigenvalue weighted by molar-refractivity contribution is 6.06. The first-order valence-electron chi connectivity index (χ1n) is 7.75. The summed E-state index contributed by atoms with van der Waals surface area (Å²) in [6.07, 6.45) is 2.35. The molecular weight excluding hydrogens is 270 g/mol. The summed E-state index contributed by atoms with van der Waals surface area (Å²) in [4.78, 5) is 37.7. The average Bonchev–Trinajstić information content (AvgIpc) is 2.87. The second-order valence-corrected chi connectivity index (χ2v) is 7.48. The number of likely N-dealkylation sites (tertiary alicyclic amines) is 1. The molecule has 5 heteroatoms. The van der Waals surface area contributed by atoms with E-state index in [1.54, 1.807) is 0 Å². The Hall–Kier alpha value is -1.39. The lowest BCUT2D eigenvalue weighted by Gasteiger charge is -2.36. The molecule has 2 rings (SSSR count). The van der Waals surface area contributed by atoms with Gasteiger partial charge in [0.15, 0.2) is 0 Å². The van der Waals surface area contributed by atoms with Gasteiger partial charge in [-0.25, -0.2) is 0 Å². The van der Waals surface area contributed by atoms with E-state index in [1.807, 2.05) is 20.8 Å². The molecule has 1 saturated heterocycles. The topological polar surface area (TPSA) is 74.7 Å². The highest BCUT2D eigenvalue weighted by Gasteiger charge is 2.55. The zero-order valence-corrected chi connectivity index (χ0v) is 13.3. The lowest BCUT2D eigenvalue weighted by atomic mass is 9.83. The molecule has 0 aromatic carbocycles. The predicted octanol–water partition coefficient (Wildman–Crippen LogP) is 2.30. The summed E-state index contributed by atoms with van der Waals surface area (Å²) >= 11 is 0. The first kappa shape index (κ1) is 16.0. The van der Waals surface area contributed by atoms with Crippen LogP contribution in [0.2, 0.25) is 0 Å². The van der Waals surface area contributed by atoms with Gasteiger partial charge in [0, 0.05) is 0 Å². The fraction of sp³-hybridized carbons (Fsp3) is 0.812. The number of carbonyl (C=O) groups excluding carboxylic acids is 2. The third-order valence-corrected chi connectivity index (χ3v) is 5.03. The minimum atomic E-state index is -0.973. The monoisotopic (exact) mass is 295 g/mol. The van der Waals surface area contributed by atoms with Crippen molar-refractivity contribution < 1.29 is 19.5 Å². The second kappa shape index (κ2) is 5.43. The van der Waals surface area contributed by atoms with Gasteiger partial charge in [-0.05, 0) is 24.2 Å². The smallest absolute Gasteiger partial charge is 0.305 e. The number of hydrogen-bond donors (Lipinski definition) is 1. The third-order valence-electron chi connectivity index (χ3n) is 5.03. The van der Waals surface area contributed by atoms with Gasteiger partial charge in [-0.2, -0.15) is 0 Å². The van der Waals surface area contributed by atoms with Crippen molar-refractivity contribution in [3.8, 4) is 0 Å². The number of imide groups is 1. The number of carbonyl (C=O) groups is 3. The molecule has 1 N–H and O–H groups in total. The molecule has 0 aromatic rings. The van der Waals surface area contributed by atoms with Crippen molar-refractivity contribution in [2.45, 2.75) is 59.4 Å². The minimum absolute atomic E-state index is 0.151. The van der Waals surface area contributed by atoms with Crippen LogP contribution in [0.15, 0.2) is 0 Å². The van der Waals surface area contributed by atoms with E-state index in [0.717, 1.165) is 19.3 Å². The molecule has 2 aliphatic rings. The largest absolute Gasteiger partial charge is 0.481 e. The molecule has 118 valence electrons. The molecule has 21 heavy (non-hydrogen) atoms. The van der Waals surface area contributed by atoms with Crippen molar-refractivity contribution in [3.05, 3.63) is 0 Å². The summed E-state index contributed by atoms with van der Waals surface area (Å²) in [5, 5.41) is 9.11. The van der Waals surface area contributed by atoms with Gasteiger partial charge < -0.3 is 5.11 Å². The van der Waals surface area contributed by atoms with E-state index in [4.69, 9.17) is 5.11 Å². The van der Waals surface area contributed by atoms with E-state index in [2.05, 4.69) is 6.92 Å². The zero-order valence-electron chi connectivity index (χ0n) is 13.3. The van der Waals surface area contributed by atoms with Crippen LogP contribution in [0, 0.1) is 23.2 Å². The van der Waals surface area contributed by atoms with Crippen LogP contribution in [0.5, 0.6) is 0 Å². The number of carboxylic acids is 1. The number of carboxylic acid groups (broad SMARTS) is 1. The van der Waals surface area contributed by atoms with Crippen LogP contribution in [-0.2, 0) is 14.4 Å². The van der Waals surface area contributed by atoms with Gasteiger partial charge in [0.25, 0.3) is 0 Å². The Morgan fingerprint density at radius 3 is 2.05 bits per heavy atom. The maximum absolute atomic E-state index is 12.6. The molecule has 5 nitrogen and oxygen atoms in total. The fourth-order valence-corrected chi connectivity index (χ4v) is 3.75. The van der Waals surface area contributed by atoms with Crippen molar-refractivity contribution in [1.82, 2.24) is 4.90 Å². The molecule has 1 heterocycles. The molecule has 0 aromatic heterocycles. The Morgan fingerprint density at radius 2 is 1.71 bits per heavy atom. The molecular formula is C16H25NO4. The number of hydrogen-bond acceptors (Lipinski definition) is 3. The fourth-order valence-electron chi connectivity index (χ4n) is 3.75. The van der Waals surface area contributed by atoms with Crippen LogP contribution < -0.4 is 0 Å². The summed E-state index contributed by atoms with van der Waals surface area (Å²) in [6.45, 7) is 7.72. The quantitative estimate of drug-likeness (QED) is 0.808. The number of aliphatic carboxylic acids is 1. The van der Waals surface area contributed by atoms with E-state index in [-0.39, 0.29) is 30.1 Å². The minimum Gasteiger partial charge on any atom is -0.481 e. The summed E-state index contributed by atoms with van der Waals surface area (Å²) in [5.74, 6) is -1.27. The van der Waals surface area contributed by atoms with Crippen LogP contribution in [0.3, 0.4) is 0 Å². The number of rotatable bonds is 4. The third kappa shape index (κ3) is 2.83. The maximum Gasteiger partial charge on any atom is 0.305 e. The van der Waals surface area contributed by atoms with E-state index in [1.165, 1.54) is 4.90 Å². The molecule has 2 amide bonds. The van der Waals surface area contributed by atoms with Gasteiger partial charge in [0.2, 0.25) is 11.8 Å². The summed E-state index contributed by atoms with van der Waals surface area (Å²) in [5.41, 5.74) is -0.438. The standard InChI is InChI=1S/C16H25NO4/c1-5-9-6-10-11(7-9)15(21)17(14(10)20)12(8-13(18)19)16(2,3)4/h9-12H,5-8H2,1-4H3,(H,18,19). The van der Waals surface area contributed by atoms with E-state index in [0.29, 0.717) is 5.92 Å². The molecule has 0 radical (unpaired) electrons. The van der Waals surface area contributed by atoms with Gasteiger partial charge >= 0.3 is 5.97 Å². The van der Waals surface area contributed by atoms with Crippen molar-refractivity contribution in [2.75, 3.05) is 0 Å². The number of nitrogens with zero attached hydrogens (tertiary/aromatic N) is 1. The molecule has 3 atom stereocenters. The van der Waals surface area contributed by atoms with Crippen LogP contribution in [0.25, 0.3) is 0 Å². The highest BCUT2D eigenvalue weighted by Crippen LogP contribution is 2.46. The van der Waals surface area contributed by atoms with Crippen molar-refractivity contribution in [1.29, 1.82) is 0 Å². The van der Waals surface area contributed by atoms with Crippen molar-refractivity contribution in [3.63, 3.8) is 0 Å². The Morgan fingerprint density at radius 1 is 1.24 bits per heavy atom. The van der Waals surface area contributed by atoms with Gasteiger partial charge in [-0.15, -0.1) is 0 Å². The van der Waals surface area contributed by atoms with Gasteiger partial charge in [-0.3, -0.25) is 19.3 Å². The second-order valence-electron chi connectivity index (χ2n) is 7.48. The molecule has 0 bridgehead atoms. The molecule has 1 saturated carbocycles. The normalized spacial score (nSPS) is 30.7. The van der Waals surface area contributed by atoms with Gasteiger partial charge in [0.05, 0.1) is 24.3 Å². The maximum atomic E-state index is 12.6. The van der Waals surface area contributed by atoms with E-state index >= 15 is 0 Å². The zero-order chi connectivity index (χ0) is 15.9. The Balaban J connectivity index is 2.26. The molecule has 3 unspecified atom stereocenters. The van der Waals surface area contributed by atoms with Crippen LogP contribution >= 0.6 is 0 Å². The van der Waals surface area contributed by atoms with E-state index < -0.39 is 17.4 Å². The number of amides is 2. The molecule has 1 aliphatic carbocycles. The van der Waals surface area contributed by atoms with Gasteiger partial charge in [0.1, 0.15) is 0 Å². The Kier molecular flexibility index (Phi) is 4.13. The van der Waals surface area contributed by atoms with Crippen LogP contribution in [-0.4, -0.2) is 33.8 Å². The Bertz CT molecular complexity index is 441. The highest BCUT2D eigenvalue weighted by atomic mass is 16.4. The summed E-state index contributed by atoms with van der Waals surface area (Å²) in [6, 6.07) is -0.569. The van der Waals surface area contributed by atoms with Crippen molar-refractivity contribution in [2.24, 2.45) is 23.2 Å².